The van der Waals surface area contributed by atoms with Crippen LogP contribution in [-0.2, 0) is 15.0 Å². The Bertz CT molecular complexity index is 582. The van der Waals surface area contributed by atoms with Crippen molar-refractivity contribution in [3.8, 4) is 0 Å². The predicted molar refractivity (Wildman–Crippen MR) is 96.8 cm³/mol. The van der Waals surface area contributed by atoms with Crippen molar-refractivity contribution >= 4 is 11.8 Å². The molecule has 1 fully saturated rings. The Hall–Kier alpha value is -1.84. The van der Waals surface area contributed by atoms with Crippen molar-refractivity contribution in [1.82, 2.24) is 9.80 Å². The SMILES string of the molecule is Cc1ccc(C(C)(C)C(=O)N2CCC(CC(=O)N(C)C)CC2)cc1. The zero-order chi connectivity index (χ0) is 17.9. The van der Waals surface area contributed by atoms with Crippen LogP contribution in [0.4, 0.5) is 0 Å². The van der Waals surface area contributed by atoms with Gasteiger partial charge in [-0.3, -0.25) is 9.59 Å². The lowest BCUT2D eigenvalue weighted by Gasteiger charge is -2.37. The van der Waals surface area contributed by atoms with Crippen molar-refractivity contribution < 1.29 is 9.59 Å². The molecule has 24 heavy (non-hydrogen) atoms. The van der Waals surface area contributed by atoms with Crippen molar-refractivity contribution in [1.29, 1.82) is 0 Å². The third-order valence-corrected chi connectivity index (χ3v) is 5.17. The lowest BCUT2D eigenvalue weighted by Crippen LogP contribution is -2.47. The van der Waals surface area contributed by atoms with Crippen LogP contribution in [0.3, 0.4) is 0 Å². The molecule has 1 saturated heterocycles. The standard InChI is InChI=1S/C20H30N2O2/c1-15-6-8-17(9-7-15)20(2,3)19(24)22-12-10-16(11-13-22)14-18(23)21(4)5/h6-9,16H,10-14H2,1-5H3. The van der Waals surface area contributed by atoms with Gasteiger partial charge in [-0.25, -0.2) is 0 Å². The largest absolute Gasteiger partial charge is 0.349 e. The molecule has 1 aliphatic heterocycles. The number of carbonyl (C=O) groups excluding carboxylic acids is 2. The van der Waals surface area contributed by atoms with E-state index in [1.165, 1.54) is 5.56 Å². The first-order valence-electron chi connectivity index (χ1n) is 8.78. The third-order valence-electron chi connectivity index (χ3n) is 5.17. The molecule has 1 aromatic rings. The summed E-state index contributed by atoms with van der Waals surface area (Å²) in [5.41, 5.74) is 1.75. The van der Waals surface area contributed by atoms with Gasteiger partial charge in [-0.15, -0.1) is 0 Å². The number of likely N-dealkylation sites (tertiary alicyclic amines) is 1. The van der Waals surface area contributed by atoms with E-state index in [2.05, 4.69) is 31.2 Å². The molecule has 4 heteroatoms. The van der Waals surface area contributed by atoms with Crippen LogP contribution in [0.5, 0.6) is 0 Å². The zero-order valence-corrected chi connectivity index (χ0v) is 15.6. The smallest absolute Gasteiger partial charge is 0.232 e. The van der Waals surface area contributed by atoms with Crippen molar-refractivity contribution in [2.75, 3.05) is 27.2 Å². The van der Waals surface area contributed by atoms with Crippen LogP contribution in [0.2, 0.25) is 0 Å². The predicted octanol–water partition coefficient (Wildman–Crippen LogP) is 2.99. The maximum Gasteiger partial charge on any atom is 0.232 e. The first-order chi connectivity index (χ1) is 11.2. The highest BCUT2D eigenvalue weighted by molar-refractivity contribution is 5.87. The van der Waals surface area contributed by atoms with Crippen LogP contribution in [0.25, 0.3) is 0 Å². The molecule has 2 rings (SSSR count). The second-order valence-electron chi connectivity index (χ2n) is 7.72. The Morgan fingerprint density at radius 3 is 2.17 bits per heavy atom. The number of aryl methyl sites for hydroxylation is 1. The molecule has 1 heterocycles. The summed E-state index contributed by atoms with van der Waals surface area (Å²) in [6, 6.07) is 8.22. The highest BCUT2D eigenvalue weighted by atomic mass is 16.2. The van der Waals surface area contributed by atoms with Gasteiger partial charge in [0.2, 0.25) is 11.8 Å². The van der Waals surface area contributed by atoms with Gasteiger partial charge in [0.05, 0.1) is 5.41 Å². The monoisotopic (exact) mass is 330 g/mol. The number of hydrogen-bond acceptors (Lipinski definition) is 2. The van der Waals surface area contributed by atoms with Gasteiger partial charge in [0.25, 0.3) is 0 Å². The van der Waals surface area contributed by atoms with E-state index < -0.39 is 5.41 Å². The summed E-state index contributed by atoms with van der Waals surface area (Å²) in [4.78, 5) is 28.5. The molecule has 0 radical (unpaired) electrons. The van der Waals surface area contributed by atoms with Gasteiger partial charge in [-0.05, 0) is 45.1 Å². The molecule has 1 aromatic carbocycles. The molecule has 0 unspecified atom stereocenters. The molecule has 0 N–H and O–H groups in total. The summed E-state index contributed by atoms with van der Waals surface area (Å²) in [6.45, 7) is 7.56. The average Bonchev–Trinajstić information content (AvgIpc) is 2.55. The lowest BCUT2D eigenvalue weighted by molar-refractivity contribution is -0.138. The minimum absolute atomic E-state index is 0.180. The summed E-state index contributed by atoms with van der Waals surface area (Å²) < 4.78 is 0. The van der Waals surface area contributed by atoms with Gasteiger partial charge in [0, 0.05) is 33.6 Å². The number of nitrogens with zero attached hydrogens (tertiary/aromatic N) is 2. The van der Waals surface area contributed by atoms with Crippen molar-refractivity contribution in [2.45, 2.75) is 45.4 Å². The lowest BCUT2D eigenvalue weighted by atomic mass is 9.82. The molecule has 132 valence electrons. The van der Waals surface area contributed by atoms with Gasteiger partial charge >= 0.3 is 0 Å². The molecule has 0 aliphatic carbocycles. The van der Waals surface area contributed by atoms with Gasteiger partial charge < -0.3 is 9.80 Å². The average molecular weight is 330 g/mol. The van der Waals surface area contributed by atoms with Crippen LogP contribution < -0.4 is 0 Å². The number of carbonyl (C=O) groups is 2. The molecule has 0 aromatic heterocycles. The Morgan fingerprint density at radius 2 is 1.67 bits per heavy atom. The third kappa shape index (κ3) is 4.16. The highest BCUT2D eigenvalue weighted by Gasteiger charge is 2.35. The molecule has 0 bridgehead atoms. The Balaban J connectivity index is 1.97. The molecular formula is C20H30N2O2. The van der Waals surface area contributed by atoms with Crippen molar-refractivity contribution in [2.24, 2.45) is 5.92 Å². The van der Waals surface area contributed by atoms with Gasteiger partial charge in [0.1, 0.15) is 0 Å². The number of rotatable bonds is 4. The fourth-order valence-electron chi connectivity index (χ4n) is 3.26. The van der Waals surface area contributed by atoms with E-state index in [-0.39, 0.29) is 11.8 Å². The molecule has 0 atom stereocenters. The highest BCUT2D eigenvalue weighted by Crippen LogP contribution is 2.29. The molecule has 0 saturated carbocycles. The van der Waals surface area contributed by atoms with Gasteiger partial charge in [-0.2, -0.15) is 0 Å². The van der Waals surface area contributed by atoms with E-state index in [1.54, 1.807) is 19.0 Å². The van der Waals surface area contributed by atoms with Crippen molar-refractivity contribution in [3.63, 3.8) is 0 Å². The Labute approximate surface area is 145 Å². The summed E-state index contributed by atoms with van der Waals surface area (Å²) in [6.07, 6.45) is 2.42. The summed E-state index contributed by atoms with van der Waals surface area (Å²) in [5, 5.41) is 0. The fourth-order valence-corrected chi connectivity index (χ4v) is 3.26. The second kappa shape index (κ2) is 7.37. The molecule has 4 nitrogen and oxygen atoms in total. The number of hydrogen-bond donors (Lipinski definition) is 0. The molecule has 0 spiro atoms. The van der Waals surface area contributed by atoms with E-state index in [4.69, 9.17) is 0 Å². The summed E-state index contributed by atoms with van der Waals surface area (Å²) >= 11 is 0. The van der Waals surface area contributed by atoms with Gasteiger partial charge in [-0.1, -0.05) is 29.8 Å². The van der Waals surface area contributed by atoms with Crippen molar-refractivity contribution in [3.05, 3.63) is 35.4 Å². The Morgan fingerprint density at radius 1 is 1.12 bits per heavy atom. The second-order valence-corrected chi connectivity index (χ2v) is 7.72. The topological polar surface area (TPSA) is 40.6 Å². The maximum absolute atomic E-state index is 13.0. The van der Waals surface area contributed by atoms with Crippen LogP contribution >= 0.6 is 0 Å². The number of benzene rings is 1. The molecule has 2 amide bonds. The number of piperidine rings is 1. The minimum Gasteiger partial charge on any atom is -0.349 e. The molecular weight excluding hydrogens is 300 g/mol. The molecule has 1 aliphatic rings. The normalized spacial score (nSPS) is 16.1. The van der Waals surface area contributed by atoms with Crippen LogP contribution in [0.1, 0.15) is 44.2 Å². The van der Waals surface area contributed by atoms with Crippen LogP contribution in [-0.4, -0.2) is 48.8 Å². The van der Waals surface area contributed by atoms with Crippen LogP contribution in [0, 0.1) is 12.8 Å². The fraction of sp³-hybridized carbons (Fsp3) is 0.600. The first kappa shape index (κ1) is 18.5. The van der Waals surface area contributed by atoms with E-state index >= 15 is 0 Å². The zero-order valence-electron chi connectivity index (χ0n) is 15.6. The Kier molecular flexibility index (Phi) is 5.68. The maximum atomic E-state index is 13.0. The summed E-state index contributed by atoms with van der Waals surface area (Å²) in [5.74, 6) is 0.759. The van der Waals surface area contributed by atoms with Crippen LogP contribution in [0.15, 0.2) is 24.3 Å². The quantitative estimate of drug-likeness (QED) is 0.851. The van der Waals surface area contributed by atoms with E-state index in [1.807, 2.05) is 18.7 Å². The summed E-state index contributed by atoms with van der Waals surface area (Å²) in [7, 11) is 3.59. The van der Waals surface area contributed by atoms with Gasteiger partial charge in [0.15, 0.2) is 0 Å². The first-order valence-corrected chi connectivity index (χ1v) is 8.78. The minimum atomic E-state index is -0.514. The van der Waals surface area contributed by atoms with E-state index in [9.17, 15) is 9.59 Å². The van der Waals surface area contributed by atoms with E-state index in [0.717, 1.165) is 31.5 Å². The van der Waals surface area contributed by atoms with E-state index in [0.29, 0.717) is 12.3 Å². The number of amides is 2.